The molecule has 0 heterocycles. The SMILES string of the molecule is CC(C)(C)CSC[C@H](NC(=O)CCONC(=O)CC(C)(C)C)C(=O)O. The number of rotatable bonds is 10. The molecule has 0 saturated heterocycles. The van der Waals surface area contributed by atoms with Gasteiger partial charge in [0.15, 0.2) is 0 Å². The molecule has 25 heavy (non-hydrogen) atoms. The van der Waals surface area contributed by atoms with E-state index in [-0.39, 0.29) is 29.8 Å². The van der Waals surface area contributed by atoms with Gasteiger partial charge in [-0.25, -0.2) is 10.3 Å². The van der Waals surface area contributed by atoms with Crippen LogP contribution >= 0.6 is 11.8 Å². The van der Waals surface area contributed by atoms with Crippen molar-refractivity contribution in [2.24, 2.45) is 10.8 Å². The summed E-state index contributed by atoms with van der Waals surface area (Å²) in [6, 6.07) is -0.935. The third-order valence-electron chi connectivity index (χ3n) is 2.76. The summed E-state index contributed by atoms with van der Waals surface area (Å²) >= 11 is 1.49. The fourth-order valence-corrected chi connectivity index (χ4v) is 2.91. The van der Waals surface area contributed by atoms with Gasteiger partial charge < -0.3 is 10.4 Å². The average molecular weight is 377 g/mol. The second-order valence-electron chi connectivity index (χ2n) is 8.40. The van der Waals surface area contributed by atoms with Gasteiger partial charge in [-0.1, -0.05) is 41.5 Å². The van der Waals surface area contributed by atoms with Crippen LogP contribution in [0.5, 0.6) is 0 Å². The maximum absolute atomic E-state index is 11.8. The summed E-state index contributed by atoms with van der Waals surface area (Å²) in [7, 11) is 0. The molecule has 2 amide bonds. The van der Waals surface area contributed by atoms with Gasteiger partial charge in [0.2, 0.25) is 11.8 Å². The Hall–Kier alpha value is -1.28. The van der Waals surface area contributed by atoms with Crippen molar-refractivity contribution in [3.63, 3.8) is 0 Å². The number of carbonyl (C=O) groups is 3. The van der Waals surface area contributed by atoms with Crippen LogP contribution in [-0.4, -0.2) is 47.0 Å². The first kappa shape index (κ1) is 23.7. The Bertz CT molecular complexity index is 455. The predicted octanol–water partition coefficient (Wildman–Crippen LogP) is 2.21. The zero-order chi connectivity index (χ0) is 19.7. The number of carboxylic acids is 1. The van der Waals surface area contributed by atoms with Gasteiger partial charge in [0.05, 0.1) is 13.0 Å². The molecule has 0 bridgehead atoms. The molecule has 7 nitrogen and oxygen atoms in total. The van der Waals surface area contributed by atoms with Crippen LogP contribution in [0.25, 0.3) is 0 Å². The third-order valence-corrected chi connectivity index (χ3v) is 4.40. The van der Waals surface area contributed by atoms with Crippen LogP contribution in [0.3, 0.4) is 0 Å². The van der Waals surface area contributed by atoms with Crippen LogP contribution in [0.1, 0.15) is 54.4 Å². The maximum Gasteiger partial charge on any atom is 0.327 e. The predicted molar refractivity (Wildman–Crippen MR) is 99.1 cm³/mol. The maximum atomic E-state index is 11.8. The lowest BCUT2D eigenvalue weighted by Gasteiger charge is -2.20. The summed E-state index contributed by atoms with van der Waals surface area (Å²) in [5, 5.41) is 11.7. The molecule has 0 aliphatic rings. The Kier molecular flexibility index (Phi) is 10.1. The monoisotopic (exact) mass is 376 g/mol. The van der Waals surface area contributed by atoms with Crippen LogP contribution in [0.2, 0.25) is 0 Å². The molecule has 0 aliphatic carbocycles. The second kappa shape index (κ2) is 10.7. The number of aliphatic carboxylic acids is 1. The molecule has 8 heteroatoms. The number of carbonyl (C=O) groups excluding carboxylic acids is 2. The highest BCUT2D eigenvalue weighted by Gasteiger charge is 2.21. The van der Waals surface area contributed by atoms with E-state index in [4.69, 9.17) is 4.84 Å². The fraction of sp³-hybridized carbons (Fsp3) is 0.824. The van der Waals surface area contributed by atoms with E-state index in [0.29, 0.717) is 12.2 Å². The van der Waals surface area contributed by atoms with E-state index in [1.807, 2.05) is 20.8 Å². The van der Waals surface area contributed by atoms with Crippen LogP contribution < -0.4 is 10.8 Å². The molecule has 0 fully saturated rings. The zero-order valence-corrected chi connectivity index (χ0v) is 16.9. The largest absolute Gasteiger partial charge is 0.480 e. The topological polar surface area (TPSA) is 105 Å². The normalized spacial score (nSPS) is 13.2. The van der Waals surface area contributed by atoms with Crippen LogP contribution in [0.4, 0.5) is 0 Å². The third kappa shape index (κ3) is 14.7. The van der Waals surface area contributed by atoms with Crippen molar-refractivity contribution < 1.29 is 24.3 Å². The Morgan fingerprint density at radius 1 is 1.04 bits per heavy atom. The van der Waals surface area contributed by atoms with E-state index in [0.717, 1.165) is 5.75 Å². The first-order valence-corrected chi connectivity index (χ1v) is 9.46. The minimum Gasteiger partial charge on any atom is -0.480 e. The van der Waals surface area contributed by atoms with Crippen LogP contribution in [-0.2, 0) is 19.2 Å². The minimum atomic E-state index is -1.06. The smallest absolute Gasteiger partial charge is 0.327 e. The fourth-order valence-electron chi connectivity index (χ4n) is 1.72. The summed E-state index contributed by atoms with van der Waals surface area (Å²) in [4.78, 5) is 39.6. The number of carboxylic acid groups (broad SMARTS) is 1. The first-order valence-electron chi connectivity index (χ1n) is 8.31. The van der Waals surface area contributed by atoms with Crippen molar-refractivity contribution in [1.29, 1.82) is 0 Å². The molecule has 0 aromatic carbocycles. The van der Waals surface area contributed by atoms with E-state index in [2.05, 4.69) is 31.6 Å². The zero-order valence-electron chi connectivity index (χ0n) is 16.1. The molecule has 0 aromatic heterocycles. The van der Waals surface area contributed by atoms with Crippen LogP contribution in [0.15, 0.2) is 0 Å². The highest BCUT2D eigenvalue weighted by atomic mass is 32.2. The molecule has 0 aliphatic heterocycles. The van der Waals surface area contributed by atoms with Crippen molar-refractivity contribution in [2.45, 2.75) is 60.4 Å². The number of hydrogen-bond acceptors (Lipinski definition) is 5. The van der Waals surface area contributed by atoms with Gasteiger partial charge in [-0.15, -0.1) is 0 Å². The molecule has 0 unspecified atom stereocenters. The van der Waals surface area contributed by atoms with E-state index in [1.165, 1.54) is 11.8 Å². The highest BCUT2D eigenvalue weighted by Crippen LogP contribution is 2.21. The molecule has 1 atom stereocenters. The quantitative estimate of drug-likeness (QED) is 0.399. The molecular formula is C17H32N2O5S. The molecule has 0 saturated carbocycles. The van der Waals surface area contributed by atoms with Gasteiger partial charge in [0.1, 0.15) is 6.04 Å². The van der Waals surface area contributed by atoms with Crippen molar-refractivity contribution >= 4 is 29.5 Å². The molecule has 0 rings (SSSR count). The van der Waals surface area contributed by atoms with Crippen LogP contribution in [0, 0.1) is 10.8 Å². The summed E-state index contributed by atoms with van der Waals surface area (Å²) < 4.78 is 0. The minimum absolute atomic E-state index is 0.0107. The standard InChI is InChI=1S/C17H32N2O5S/c1-16(2,3)9-14(21)19-24-8-7-13(20)18-12(15(22)23)10-25-11-17(4,5)6/h12H,7-11H2,1-6H3,(H,18,20)(H,19,21)(H,22,23)/t12-/m0/s1. The average Bonchev–Trinajstić information content (AvgIpc) is 2.39. The molecule has 146 valence electrons. The molecule has 0 radical (unpaired) electrons. The van der Waals surface area contributed by atoms with Crippen molar-refractivity contribution in [3.05, 3.63) is 0 Å². The van der Waals surface area contributed by atoms with E-state index >= 15 is 0 Å². The lowest BCUT2D eigenvalue weighted by Crippen LogP contribution is -2.43. The van der Waals surface area contributed by atoms with Gasteiger partial charge in [-0.2, -0.15) is 11.8 Å². The van der Waals surface area contributed by atoms with Crippen molar-refractivity contribution in [1.82, 2.24) is 10.8 Å². The number of hydroxylamine groups is 1. The number of nitrogens with one attached hydrogen (secondary N) is 2. The Balaban J connectivity index is 4.07. The summed E-state index contributed by atoms with van der Waals surface area (Å²) in [6.45, 7) is 12.0. The Morgan fingerprint density at radius 3 is 2.12 bits per heavy atom. The molecule has 3 N–H and O–H groups in total. The first-order chi connectivity index (χ1) is 11.3. The lowest BCUT2D eigenvalue weighted by atomic mass is 9.92. The number of thioether (sulfide) groups is 1. The number of hydrogen-bond donors (Lipinski definition) is 3. The lowest BCUT2D eigenvalue weighted by molar-refractivity contribution is -0.141. The van der Waals surface area contributed by atoms with E-state index in [9.17, 15) is 19.5 Å². The Labute approximate surface area is 154 Å². The molecule has 0 spiro atoms. The summed E-state index contributed by atoms with van der Waals surface area (Å²) in [6.07, 6.45) is 0.287. The van der Waals surface area contributed by atoms with Gasteiger partial charge in [0, 0.05) is 12.2 Å². The van der Waals surface area contributed by atoms with E-state index < -0.39 is 17.9 Å². The van der Waals surface area contributed by atoms with Gasteiger partial charge in [-0.05, 0) is 16.6 Å². The molecular weight excluding hydrogens is 344 g/mol. The van der Waals surface area contributed by atoms with Crippen molar-refractivity contribution in [3.8, 4) is 0 Å². The number of amides is 2. The van der Waals surface area contributed by atoms with E-state index in [1.54, 1.807) is 0 Å². The summed E-state index contributed by atoms with van der Waals surface area (Å²) in [5.74, 6) is -0.630. The van der Waals surface area contributed by atoms with Gasteiger partial charge in [-0.3, -0.25) is 14.4 Å². The molecule has 0 aromatic rings. The highest BCUT2D eigenvalue weighted by molar-refractivity contribution is 7.99. The van der Waals surface area contributed by atoms with Gasteiger partial charge in [0.25, 0.3) is 0 Å². The Morgan fingerprint density at radius 2 is 1.64 bits per heavy atom. The summed E-state index contributed by atoms with van der Waals surface area (Å²) in [5.41, 5.74) is 2.23. The second-order valence-corrected chi connectivity index (χ2v) is 9.43. The van der Waals surface area contributed by atoms with Gasteiger partial charge >= 0.3 is 5.97 Å². The van der Waals surface area contributed by atoms with Crippen molar-refractivity contribution in [2.75, 3.05) is 18.1 Å².